The molecule has 4 N–H and O–H groups in total. The molecule has 0 saturated carbocycles. The number of carboxylic acid groups (broad SMARTS) is 1. The number of esters is 2. The van der Waals surface area contributed by atoms with Gasteiger partial charge in [-0.1, -0.05) is 165 Å². The SMILES string of the molecule is CCCCC/C=C/C/C=C/C/C=C/C/C=C/CCCC(=O)O[C@H](COC(=O)CCCCCCCCCCCCCCCCC)COP(=O)(O)OC[C@H](N)C(=O)O. The van der Waals surface area contributed by atoms with Crippen LogP contribution in [0.2, 0.25) is 0 Å². The van der Waals surface area contributed by atoms with Gasteiger partial charge in [-0.3, -0.25) is 23.4 Å². The van der Waals surface area contributed by atoms with Crippen LogP contribution in [0.5, 0.6) is 0 Å². The number of phosphoric ester groups is 1. The number of carbonyl (C=O) groups is 3. The number of hydrogen-bond donors (Lipinski definition) is 3. The van der Waals surface area contributed by atoms with Gasteiger partial charge in [0, 0.05) is 12.8 Å². The van der Waals surface area contributed by atoms with E-state index in [0.717, 1.165) is 44.9 Å². The summed E-state index contributed by atoms with van der Waals surface area (Å²) < 4.78 is 32.6. The Morgan fingerprint density at radius 1 is 0.554 bits per heavy atom. The van der Waals surface area contributed by atoms with Crippen molar-refractivity contribution < 1.29 is 47.5 Å². The van der Waals surface area contributed by atoms with Gasteiger partial charge in [0.2, 0.25) is 0 Å². The average Bonchev–Trinajstić information content (AvgIpc) is 3.17. The molecular weight excluding hydrogens is 733 g/mol. The molecule has 56 heavy (non-hydrogen) atoms. The molecule has 0 aliphatic carbocycles. The molecule has 0 amide bonds. The standard InChI is InChI=1S/C44H78NO10P/c1-3-5-7-9-11-13-15-17-19-20-22-24-26-28-30-32-34-36-43(47)55-40(38-53-56(50,51)54-39-41(45)44(48)49)37-52-42(46)35-33-31-29-27-25-23-21-18-16-14-12-10-8-6-4-2/h11,13,17,19,22,24,28,30,40-41H,3-10,12,14-16,18,20-21,23,25-27,29,31-39,45H2,1-2H3,(H,48,49)(H,50,51)/b13-11+,19-17+,24-22+,30-28+/t40-,41+/m1/s1. The third-order valence-electron chi connectivity index (χ3n) is 9.08. The van der Waals surface area contributed by atoms with Crippen LogP contribution in [-0.4, -0.2) is 59.9 Å². The van der Waals surface area contributed by atoms with Gasteiger partial charge in [-0.2, -0.15) is 0 Å². The van der Waals surface area contributed by atoms with Gasteiger partial charge in [-0.05, 0) is 51.4 Å². The Bertz CT molecular complexity index is 1140. The van der Waals surface area contributed by atoms with Gasteiger partial charge in [0.25, 0.3) is 0 Å². The maximum Gasteiger partial charge on any atom is 0.472 e. The summed E-state index contributed by atoms with van der Waals surface area (Å²) in [6, 6.07) is -1.53. The number of nitrogens with two attached hydrogens (primary N) is 1. The van der Waals surface area contributed by atoms with Crippen LogP contribution in [-0.2, 0) is 37.5 Å². The van der Waals surface area contributed by atoms with Gasteiger partial charge in [-0.25, -0.2) is 4.57 Å². The Morgan fingerprint density at radius 3 is 1.46 bits per heavy atom. The lowest BCUT2D eigenvalue weighted by atomic mass is 10.0. The smallest absolute Gasteiger partial charge is 0.472 e. The highest BCUT2D eigenvalue weighted by molar-refractivity contribution is 7.47. The van der Waals surface area contributed by atoms with Gasteiger partial charge >= 0.3 is 25.7 Å². The minimum atomic E-state index is -4.73. The van der Waals surface area contributed by atoms with E-state index in [4.69, 9.17) is 24.8 Å². The van der Waals surface area contributed by atoms with Crippen LogP contribution in [0.15, 0.2) is 48.6 Å². The van der Waals surface area contributed by atoms with Crippen LogP contribution in [0.25, 0.3) is 0 Å². The number of allylic oxidation sites excluding steroid dienone is 8. The highest BCUT2D eigenvalue weighted by Crippen LogP contribution is 2.43. The summed E-state index contributed by atoms with van der Waals surface area (Å²) >= 11 is 0. The molecule has 12 heteroatoms. The fourth-order valence-electron chi connectivity index (χ4n) is 5.65. The highest BCUT2D eigenvalue weighted by atomic mass is 31.2. The molecule has 0 aliphatic rings. The molecule has 0 bridgehead atoms. The van der Waals surface area contributed by atoms with Crippen molar-refractivity contribution in [3.63, 3.8) is 0 Å². The van der Waals surface area contributed by atoms with Gasteiger partial charge in [0.1, 0.15) is 12.6 Å². The van der Waals surface area contributed by atoms with E-state index in [-0.39, 0.29) is 19.4 Å². The van der Waals surface area contributed by atoms with E-state index < -0.39 is 51.1 Å². The summed E-state index contributed by atoms with van der Waals surface area (Å²) in [6.07, 6.45) is 43.2. The molecule has 0 aromatic carbocycles. The Morgan fingerprint density at radius 2 is 0.964 bits per heavy atom. The van der Waals surface area contributed by atoms with Crippen molar-refractivity contribution in [2.24, 2.45) is 5.73 Å². The molecule has 0 aromatic heterocycles. The molecular formula is C44H78NO10P. The third-order valence-corrected chi connectivity index (χ3v) is 10.0. The molecule has 0 radical (unpaired) electrons. The minimum Gasteiger partial charge on any atom is -0.480 e. The van der Waals surface area contributed by atoms with E-state index in [1.165, 1.54) is 89.9 Å². The van der Waals surface area contributed by atoms with Crippen LogP contribution < -0.4 is 5.73 Å². The molecule has 0 fully saturated rings. The molecule has 0 saturated heterocycles. The van der Waals surface area contributed by atoms with E-state index in [9.17, 15) is 23.8 Å². The van der Waals surface area contributed by atoms with Crippen molar-refractivity contribution in [1.82, 2.24) is 0 Å². The molecule has 3 atom stereocenters. The summed E-state index contributed by atoms with van der Waals surface area (Å²) in [5.41, 5.74) is 5.33. The zero-order valence-corrected chi connectivity index (χ0v) is 35.9. The number of hydrogen-bond acceptors (Lipinski definition) is 9. The number of phosphoric acid groups is 1. The average molecular weight is 812 g/mol. The topological polar surface area (TPSA) is 172 Å². The lowest BCUT2D eigenvalue weighted by Crippen LogP contribution is -2.34. The molecule has 0 rings (SSSR count). The Balaban J connectivity index is 4.46. The number of carboxylic acids is 1. The number of ether oxygens (including phenoxy) is 2. The van der Waals surface area contributed by atoms with E-state index in [0.29, 0.717) is 19.3 Å². The van der Waals surface area contributed by atoms with Gasteiger partial charge in [0.15, 0.2) is 6.10 Å². The van der Waals surface area contributed by atoms with Crippen molar-refractivity contribution in [3.8, 4) is 0 Å². The molecule has 0 aliphatic heterocycles. The molecule has 324 valence electrons. The second-order valence-corrected chi connectivity index (χ2v) is 15.9. The predicted molar refractivity (Wildman–Crippen MR) is 226 cm³/mol. The van der Waals surface area contributed by atoms with Gasteiger partial charge in [-0.15, -0.1) is 0 Å². The second-order valence-electron chi connectivity index (χ2n) is 14.5. The monoisotopic (exact) mass is 812 g/mol. The molecule has 0 aromatic rings. The van der Waals surface area contributed by atoms with Crippen LogP contribution in [0.1, 0.15) is 181 Å². The van der Waals surface area contributed by atoms with Crippen LogP contribution in [0.4, 0.5) is 0 Å². The van der Waals surface area contributed by atoms with E-state index >= 15 is 0 Å². The largest absolute Gasteiger partial charge is 0.480 e. The quantitative estimate of drug-likeness (QED) is 0.0233. The second kappa shape index (κ2) is 39.3. The lowest BCUT2D eigenvalue weighted by Gasteiger charge is -2.20. The van der Waals surface area contributed by atoms with Crippen molar-refractivity contribution in [2.45, 2.75) is 193 Å². The summed E-state index contributed by atoms with van der Waals surface area (Å²) in [5.74, 6) is -2.45. The van der Waals surface area contributed by atoms with E-state index in [1.807, 2.05) is 12.2 Å². The summed E-state index contributed by atoms with van der Waals surface area (Å²) in [4.78, 5) is 45.9. The number of unbranched alkanes of at least 4 members (excludes halogenated alkanes) is 18. The van der Waals surface area contributed by atoms with Crippen molar-refractivity contribution >= 4 is 25.7 Å². The van der Waals surface area contributed by atoms with Crippen molar-refractivity contribution in [2.75, 3.05) is 19.8 Å². The van der Waals surface area contributed by atoms with Crippen LogP contribution in [0, 0.1) is 0 Å². The van der Waals surface area contributed by atoms with Gasteiger partial charge in [0.05, 0.1) is 13.2 Å². The lowest BCUT2D eigenvalue weighted by molar-refractivity contribution is -0.161. The van der Waals surface area contributed by atoms with Crippen molar-refractivity contribution in [1.29, 1.82) is 0 Å². The fourth-order valence-corrected chi connectivity index (χ4v) is 6.42. The first-order valence-corrected chi connectivity index (χ1v) is 23.2. The number of rotatable bonds is 40. The maximum atomic E-state index is 12.6. The van der Waals surface area contributed by atoms with Crippen LogP contribution >= 0.6 is 7.82 Å². The first-order chi connectivity index (χ1) is 27.1. The molecule has 0 heterocycles. The maximum absolute atomic E-state index is 12.6. The van der Waals surface area contributed by atoms with Crippen molar-refractivity contribution in [3.05, 3.63) is 48.6 Å². The first kappa shape index (κ1) is 53.4. The Kier molecular flexibility index (Phi) is 37.5. The molecule has 1 unspecified atom stereocenters. The summed E-state index contributed by atoms with van der Waals surface area (Å²) in [7, 11) is -4.73. The molecule has 0 spiro atoms. The predicted octanol–water partition coefficient (Wildman–Crippen LogP) is 11.4. The number of carbonyl (C=O) groups excluding carboxylic acids is 2. The number of aliphatic carboxylic acids is 1. The zero-order valence-electron chi connectivity index (χ0n) is 35.0. The van der Waals surface area contributed by atoms with E-state index in [1.54, 1.807) is 0 Å². The Labute approximate surface area is 339 Å². The van der Waals surface area contributed by atoms with Crippen LogP contribution in [0.3, 0.4) is 0 Å². The zero-order chi connectivity index (χ0) is 41.4. The Hall–Kier alpha value is -2.56. The fraction of sp³-hybridized carbons (Fsp3) is 0.750. The minimum absolute atomic E-state index is 0.0857. The van der Waals surface area contributed by atoms with Gasteiger partial charge < -0.3 is 25.2 Å². The normalized spacial score (nSPS) is 14.2. The highest BCUT2D eigenvalue weighted by Gasteiger charge is 2.28. The third kappa shape index (κ3) is 38.3. The summed E-state index contributed by atoms with van der Waals surface area (Å²) in [6.45, 7) is 2.72. The first-order valence-electron chi connectivity index (χ1n) is 21.7. The summed E-state index contributed by atoms with van der Waals surface area (Å²) in [5, 5.41) is 8.88. The molecule has 11 nitrogen and oxygen atoms in total. The van der Waals surface area contributed by atoms with E-state index in [2.05, 4.69) is 54.8 Å².